The first kappa shape index (κ1) is 24.4. The fourth-order valence-electron chi connectivity index (χ4n) is 4.52. The number of hydrogen-bond donors (Lipinski definition) is 2. The highest BCUT2D eigenvalue weighted by Gasteiger charge is 2.52. The third-order valence-corrected chi connectivity index (χ3v) is 5.85. The Morgan fingerprint density at radius 3 is 2.33 bits per heavy atom. The second-order valence-electron chi connectivity index (χ2n) is 9.55. The Morgan fingerprint density at radius 1 is 1.23 bits per heavy atom. The van der Waals surface area contributed by atoms with Gasteiger partial charge in [0.25, 0.3) is 5.91 Å². The molecule has 2 N–H and O–H groups in total. The van der Waals surface area contributed by atoms with E-state index in [9.17, 15) is 9.59 Å². The molecule has 2 fully saturated rings. The molecule has 0 aromatic carbocycles. The third-order valence-electron chi connectivity index (χ3n) is 5.65. The summed E-state index contributed by atoms with van der Waals surface area (Å²) in [5.41, 5.74) is 1.55. The summed E-state index contributed by atoms with van der Waals surface area (Å²) in [6.45, 7) is 11.9. The van der Waals surface area contributed by atoms with Gasteiger partial charge in [0.1, 0.15) is 10.8 Å². The third kappa shape index (κ3) is 6.86. The number of nitrogens with one attached hydrogen (secondary N) is 2. The standard InChI is InChI=1S/C17H24ClN3O.C6H12O2/c1-3-11-6-17(7-11)8-12(9-17)21-16(22)13-10-20-15(18)5-14(13)19-4-2;1-5(7)8-6(2,3)4/h5,10-12H,3-4,6-9H2,1-2H3,(H,19,20)(H,21,22);1-4H3. The van der Waals surface area contributed by atoms with Crippen LogP contribution < -0.4 is 10.6 Å². The van der Waals surface area contributed by atoms with Gasteiger partial charge in [-0.05, 0) is 70.8 Å². The zero-order valence-corrected chi connectivity index (χ0v) is 19.9. The van der Waals surface area contributed by atoms with Crippen LogP contribution in [0.2, 0.25) is 5.15 Å². The summed E-state index contributed by atoms with van der Waals surface area (Å²) in [6.07, 6.45) is 7.81. The SMILES string of the molecule is CC(=O)OC(C)(C)C.CCNc1cc(Cl)ncc1C(=O)NC1CC2(CC(CC)C2)C1. The summed E-state index contributed by atoms with van der Waals surface area (Å²) in [6, 6.07) is 2.02. The van der Waals surface area contributed by atoms with Crippen molar-refractivity contribution in [3.05, 3.63) is 23.0 Å². The molecule has 0 saturated heterocycles. The molecule has 1 aromatic heterocycles. The average Bonchev–Trinajstić information content (AvgIpc) is 2.54. The number of amides is 1. The van der Waals surface area contributed by atoms with Crippen LogP contribution in [0.5, 0.6) is 0 Å². The van der Waals surface area contributed by atoms with Crippen molar-refractivity contribution in [3.63, 3.8) is 0 Å². The minimum absolute atomic E-state index is 0.0497. The van der Waals surface area contributed by atoms with Crippen LogP contribution in [0.25, 0.3) is 0 Å². The maximum atomic E-state index is 12.5. The molecule has 1 aromatic rings. The van der Waals surface area contributed by atoms with E-state index in [0.29, 0.717) is 22.2 Å². The molecule has 1 heterocycles. The number of esters is 1. The lowest BCUT2D eigenvalue weighted by Gasteiger charge is -2.58. The van der Waals surface area contributed by atoms with E-state index in [1.165, 1.54) is 26.2 Å². The quantitative estimate of drug-likeness (QED) is 0.488. The Morgan fingerprint density at radius 2 is 1.87 bits per heavy atom. The van der Waals surface area contributed by atoms with E-state index >= 15 is 0 Å². The van der Waals surface area contributed by atoms with E-state index in [1.54, 1.807) is 12.3 Å². The average molecular weight is 438 g/mol. The summed E-state index contributed by atoms with van der Waals surface area (Å²) >= 11 is 5.91. The van der Waals surface area contributed by atoms with Gasteiger partial charge >= 0.3 is 5.97 Å². The molecule has 0 aliphatic heterocycles. The number of hydrogen-bond acceptors (Lipinski definition) is 5. The molecule has 2 saturated carbocycles. The predicted molar refractivity (Wildman–Crippen MR) is 121 cm³/mol. The lowest BCUT2D eigenvalue weighted by atomic mass is 9.49. The van der Waals surface area contributed by atoms with Crippen molar-refractivity contribution in [2.24, 2.45) is 11.3 Å². The van der Waals surface area contributed by atoms with Crippen LogP contribution in [0.4, 0.5) is 5.69 Å². The Kier molecular flexibility index (Phi) is 8.14. The number of aromatic nitrogens is 1. The number of pyridine rings is 1. The first-order chi connectivity index (χ1) is 14.0. The molecule has 0 unspecified atom stereocenters. The van der Waals surface area contributed by atoms with Gasteiger partial charge in [-0.25, -0.2) is 4.98 Å². The zero-order valence-electron chi connectivity index (χ0n) is 19.1. The molecule has 0 radical (unpaired) electrons. The minimum atomic E-state index is -0.328. The molecular weight excluding hydrogens is 402 g/mol. The van der Waals surface area contributed by atoms with E-state index in [0.717, 1.165) is 31.0 Å². The highest BCUT2D eigenvalue weighted by Crippen LogP contribution is 2.59. The first-order valence-electron chi connectivity index (χ1n) is 10.9. The second kappa shape index (κ2) is 9.99. The molecule has 2 aliphatic rings. The molecule has 3 rings (SSSR count). The summed E-state index contributed by atoms with van der Waals surface area (Å²) in [7, 11) is 0. The van der Waals surface area contributed by atoms with E-state index in [-0.39, 0.29) is 17.5 Å². The van der Waals surface area contributed by atoms with Crippen molar-refractivity contribution >= 4 is 29.2 Å². The van der Waals surface area contributed by atoms with Crippen molar-refractivity contribution in [3.8, 4) is 0 Å². The summed E-state index contributed by atoms with van der Waals surface area (Å²) in [5.74, 6) is 0.640. The predicted octanol–water partition coefficient (Wildman–Crippen LogP) is 5.21. The maximum absolute atomic E-state index is 12.5. The van der Waals surface area contributed by atoms with Crippen LogP contribution in [0, 0.1) is 11.3 Å². The van der Waals surface area contributed by atoms with Crippen LogP contribution in [0.1, 0.15) is 84.0 Å². The van der Waals surface area contributed by atoms with Crippen molar-refractivity contribution in [1.82, 2.24) is 10.3 Å². The summed E-state index contributed by atoms with van der Waals surface area (Å²) in [4.78, 5) is 26.7. The largest absolute Gasteiger partial charge is 0.460 e. The number of rotatable bonds is 5. The monoisotopic (exact) mass is 437 g/mol. The first-order valence-corrected chi connectivity index (χ1v) is 11.2. The van der Waals surface area contributed by atoms with Crippen molar-refractivity contribution < 1.29 is 14.3 Å². The van der Waals surface area contributed by atoms with Crippen LogP contribution in [-0.2, 0) is 9.53 Å². The normalized spacial score (nSPS) is 24.6. The van der Waals surface area contributed by atoms with Gasteiger partial charge in [-0.3, -0.25) is 9.59 Å². The molecule has 30 heavy (non-hydrogen) atoms. The van der Waals surface area contributed by atoms with Crippen molar-refractivity contribution in [2.45, 2.75) is 85.3 Å². The molecule has 168 valence electrons. The Hall–Kier alpha value is -1.82. The van der Waals surface area contributed by atoms with Crippen LogP contribution in [-0.4, -0.2) is 35.0 Å². The lowest BCUT2D eigenvalue weighted by Crippen LogP contribution is -2.56. The van der Waals surface area contributed by atoms with E-state index in [4.69, 9.17) is 16.3 Å². The van der Waals surface area contributed by atoms with Crippen molar-refractivity contribution in [1.29, 1.82) is 0 Å². The Labute approximate surface area is 185 Å². The molecule has 2 aliphatic carbocycles. The molecule has 1 spiro atoms. The molecular formula is C23H36ClN3O3. The van der Waals surface area contributed by atoms with Gasteiger partial charge in [0.2, 0.25) is 0 Å². The van der Waals surface area contributed by atoms with E-state index in [2.05, 4.69) is 22.5 Å². The Bertz CT molecular complexity index is 747. The highest BCUT2D eigenvalue weighted by molar-refractivity contribution is 6.29. The molecule has 0 bridgehead atoms. The lowest BCUT2D eigenvalue weighted by molar-refractivity contribution is -0.151. The number of nitrogens with zero attached hydrogens (tertiary/aromatic N) is 1. The second-order valence-corrected chi connectivity index (χ2v) is 9.94. The van der Waals surface area contributed by atoms with Gasteiger partial charge in [-0.2, -0.15) is 0 Å². The highest BCUT2D eigenvalue weighted by atomic mass is 35.5. The molecule has 6 nitrogen and oxygen atoms in total. The van der Waals surface area contributed by atoms with Gasteiger partial charge in [0.05, 0.1) is 11.3 Å². The number of ether oxygens (including phenoxy) is 1. The van der Waals surface area contributed by atoms with Crippen LogP contribution in [0.3, 0.4) is 0 Å². The molecule has 7 heteroatoms. The smallest absolute Gasteiger partial charge is 0.303 e. The van der Waals surface area contributed by atoms with Crippen molar-refractivity contribution in [2.75, 3.05) is 11.9 Å². The summed E-state index contributed by atoms with van der Waals surface area (Å²) < 4.78 is 4.80. The zero-order chi connectivity index (χ0) is 22.5. The van der Waals surface area contributed by atoms with Crippen LogP contribution >= 0.6 is 11.6 Å². The fraction of sp³-hybridized carbons (Fsp3) is 0.696. The van der Waals surface area contributed by atoms with Gasteiger partial charge in [-0.15, -0.1) is 0 Å². The number of carbonyl (C=O) groups is 2. The summed E-state index contributed by atoms with van der Waals surface area (Å²) in [5, 5.41) is 6.72. The number of anilines is 1. The maximum Gasteiger partial charge on any atom is 0.303 e. The number of halogens is 1. The number of carbonyl (C=O) groups excluding carboxylic acids is 2. The molecule has 1 amide bonds. The molecule has 0 atom stereocenters. The fourth-order valence-corrected chi connectivity index (χ4v) is 4.67. The topological polar surface area (TPSA) is 80.3 Å². The minimum Gasteiger partial charge on any atom is -0.460 e. The van der Waals surface area contributed by atoms with Crippen LogP contribution in [0.15, 0.2) is 12.3 Å². The van der Waals surface area contributed by atoms with E-state index in [1.807, 2.05) is 27.7 Å². The van der Waals surface area contributed by atoms with Gasteiger partial charge in [0, 0.05) is 25.7 Å². The van der Waals surface area contributed by atoms with Gasteiger partial charge in [-0.1, -0.05) is 24.9 Å². The Balaban J connectivity index is 0.000000343. The van der Waals surface area contributed by atoms with Gasteiger partial charge in [0.15, 0.2) is 0 Å². The van der Waals surface area contributed by atoms with Gasteiger partial charge < -0.3 is 15.4 Å². The van der Waals surface area contributed by atoms with E-state index < -0.39 is 0 Å².